The zero-order chi connectivity index (χ0) is 12.6. The number of benzene rings is 1. The summed E-state index contributed by atoms with van der Waals surface area (Å²) in [5.74, 6) is 0.862. The Bertz CT molecular complexity index is 353. The predicted molar refractivity (Wildman–Crippen MR) is 72.6 cm³/mol. The van der Waals surface area contributed by atoms with Gasteiger partial charge in [-0.3, -0.25) is 0 Å². The molecule has 0 unspecified atom stereocenters. The Balaban J connectivity index is 1.55. The van der Waals surface area contributed by atoms with Gasteiger partial charge in [-0.05, 0) is 31.0 Å². The van der Waals surface area contributed by atoms with Gasteiger partial charge in [0.15, 0.2) is 0 Å². The molecule has 0 radical (unpaired) electrons. The second-order valence-corrected chi connectivity index (χ2v) is 5.06. The van der Waals surface area contributed by atoms with Crippen LogP contribution in [0.4, 0.5) is 0 Å². The normalized spacial score (nSPS) is 16.7. The van der Waals surface area contributed by atoms with E-state index in [1.165, 1.54) is 13.0 Å². The van der Waals surface area contributed by atoms with Gasteiger partial charge in [0.05, 0.1) is 26.4 Å². The molecule has 0 bridgehead atoms. The molecule has 0 atom stereocenters. The second-order valence-electron chi connectivity index (χ2n) is 4.63. The molecule has 1 aliphatic heterocycles. The molecule has 0 aliphatic carbocycles. The summed E-state index contributed by atoms with van der Waals surface area (Å²) in [6.07, 6.45) is 2.30. The highest BCUT2D eigenvalue weighted by atomic mass is 35.5. The van der Waals surface area contributed by atoms with Gasteiger partial charge in [-0.2, -0.15) is 0 Å². The second kappa shape index (κ2) is 7.62. The van der Waals surface area contributed by atoms with Crippen molar-refractivity contribution in [1.82, 2.24) is 0 Å². The van der Waals surface area contributed by atoms with Crippen molar-refractivity contribution in [3.8, 4) is 5.75 Å². The lowest BCUT2D eigenvalue weighted by molar-refractivity contribution is -0.908. The van der Waals surface area contributed by atoms with Crippen LogP contribution in [0, 0.1) is 0 Å². The zero-order valence-corrected chi connectivity index (χ0v) is 11.4. The van der Waals surface area contributed by atoms with Gasteiger partial charge in [0.2, 0.25) is 0 Å². The highest BCUT2D eigenvalue weighted by Gasteiger charge is 2.12. The first-order valence-corrected chi connectivity index (χ1v) is 7.02. The SMILES string of the molecule is Clc1cccc(OCCCC[NH+]2CCOCC2)c1. The topological polar surface area (TPSA) is 22.9 Å². The lowest BCUT2D eigenvalue weighted by Gasteiger charge is -2.23. The number of halogens is 1. The van der Waals surface area contributed by atoms with Crippen LogP contribution in [-0.2, 0) is 4.74 Å². The summed E-state index contributed by atoms with van der Waals surface area (Å²) in [4.78, 5) is 1.66. The molecule has 0 aromatic heterocycles. The molecule has 1 fully saturated rings. The Hall–Kier alpha value is -0.770. The highest BCUT2D eigenvalue weighted by molar-refractivity contribution is 6.30. The van der Waals surface area contributed by atoms with Crippen molar-refractivity contribution in [2.45, 2.75) is 12.8 Å². The molecule has 1 aromatic rings. The molecule has 0 saturated carbocycles. The van der Waals surface area contributed by atoms with E-state index in [0.717, 1.165) is 50.1 Å². The molecule has 3 nitrogen and oxygen atoms in total. The molecular weight excluding hydrogens is 250 g/mol. The molecule has 100 valence electrons. The van der Waals surface area contributed by atoms with Crippen LogP contribution in [0.5, 0.6) is 5.75 Å². The zero-order valence-electron chi connectivity index (χ0n) is 10.7. The van der Waals surface area contributed by atoms with Gasteiger partial charge in [-0.1, -0.05) is 17.7 Å². The number of hydrogen-bond acceptors (Lipinski definition) is 2. The molecule has 18 heavy (non-hydrogen) atoms. The van der Waals surface area contributed by atoms with Crippen LogP contribution in [0.1, 0.15) is 12.8 Å². The van der Waals surface area contributed by atoms with Crippen molar-refractivity contribution in [2.24, 2.45) is 0 Å². The van der Waals surface area contributed by atoms with E-state index in [1.807, 2.05) is 24.3 Å². The van der Waals surface area contributed by atoms with Crippen LogP contribution in [0.2, 0.25) is 5.02 Å². The summed E-state index contributed by atoms with van der Waals surface area (Å²) in [5, 5.41) is 0.727. The molecule has 2 rings (SSSR count). The number of unbranched alkanes of at least 4 members (excludes halogenated alkanes) is 1. The van der Waals surface area contributed by atoms with Crippen LogP contribution in [-0.4, -0.2) is 39.5 Å². The first-order valence-electron chi connectivity index (χ1n) is 6.64. The van der Waals surface area contributed by atoms with Gasteiger partial charge < -0.3 is 14.4 Å². The third kappa shape index (κ3) is 4.84. The third-order valence-corrected chi connectivity index (χ3v) is 3.42. The molecule has 0 amide bonds. The van der Waals surface area contributed by atoms with Crippen LogP contribution in [0.25, 0.3) is 0 Å². The van der Waals surface area contributed by atoms with Crippen LogP contribution in [0.3, 0.4) is 0 Å². The molecular formula is C14H21ClNO2+. The van der Waals surface area contributed by atoms with Gasteiger partial charge in [-0.15, -0.1) is 0 Å². The van der Waals surface area contributed by atoms with Crippen molar-refractivity contribution in [1.29, 1.82) is 0 Å². The summed E-state index contributed by atoms with van der Waals surface area (Å²) in [7, 11) is 0. The Morgan fingerprint density at radius 3 is 2.83 bits per heavy atom. The number of nitrogens with one attached hydrogen (secondary N) is 1. The van der Waals surface area contributed by atoms with E-state index in [-0.39, 0.29) is 0 Å². The average molecular weight is 271 g/mol. The molecule has 1 aliphatic rings. The first-order chi connectivity index (χ1) is 8.84. The van der Waals surface area contributed by atoms with Gasteiger partial charge in [0.25, 0.3) is 0 Å². The van der Waals surface area contributed by atoms with Gasteiger partial charge >= 0.3 is 0 Å². The van der Waals surface area contributed by atoms with Crippen LogP contribution in [0.15, 0.2) is 24.3 Å². The molecule has 1 saturated heterocycles. The number of quaternary nitrogens is 1. The van der Waals surface area contributed by atoms with E-state index < -0.39 is 0 Å². The first kappa shape index (κ1) is 13.7. The standard InChI is InChI=1S/C14H20ClNO2/c15-13-4-3-5-14(12-13)18-9-2-1-6-16-7-10-17-11-8-16/h3-5,12H,1-2,6-11H2/p+1. The van der Waals surface area contributed by atoms with Crippen molar-refractivity contribution in [2.75, 3.05) is 39.5 Å². The van der Waals surface area contributed by atoms with Crippen LogP contribution < -0.4 is 9.64 Å². The Morgan fingerprint density at radius 2 is 2.06 bits per heavy atom. The Kier molecular flexibility index (Phi) is 5.78. The van der Waals surface area contributed by atoms with E-state index in [0.29, 0.717) is 0 Å². The molecule has 1 aromatic carbocycles. The minimum Gasteiger partial charge on any atom is -0.494 e. The highest BCUT2D eigenvalue weighted by Crippen LogP contribution is 2.17. The predicted octanol–water partition coefficient (Wildman–Crippen LogP) is 1.41. The van der Waals surface area contributed by atoms with Crippen LogP contribution >= 0.6 is 11.6 Å². The number of ether oxygens (including phenoxy) is 2. The molecule has 4 heteroatoms. The van der Waals surface area contributed by atoms with Gasteiger partial charge in [0, 0.05) is 5.02 Å². The Morgan fingerprint density at radius 1 is 1.22 bits per heavy atom. The summed E-state index contributed by atoms with van der Waals surface area (Å²) < 4.78 is 11.0. The maximum Gasteiger partial charge on any atom is 0.120 e. The molecule has 1 heterocycles. The lowest BCUT2D eigenvalue weighted by Crippen LogP contribution is -3.14. The third-order valence-electron chi connectivity index (χ3n) is 3.19. The molecule has 0 spiro atoms. The molecule has 1 N–H and O–H groups in total. The fourth-order valence-electron chi connectivity index (χ4n) is 2.13. The maximum atomic E-state index is 5.89. The minimum absolute atomic E-state index is 0.727. The smallest absolute Gasteiger partial charge is 0.120 e. The summed E-state index contributed by atoms with van der Waals surface area (Å²) in [6.45, 7) is 6.11. The van der Waals surface area contributed by atoms with Crippen molar-refractivity contribution >= 4 is 11.6 Å². The Labute approximate surface area is 114 Å². The number of morpholine rings is 1. The van der Waals surface area contributed by atoms with Gasteiger partial charge in [-0.25, -0.2) is 0 Å². The van der Waals surface area contributed by atoms with E-state index in [2.05, 4.69) is 0 Å². The average Bonchev–Trinajstić information content (AvgIpc) is 2.40. The quantitative estimate of drug-likeness (QED) is 0.790. The number of hydrogen-bond donors (Lipinski definition) is 1. The van der Waals surface area contributed by atoms with Crippen molar-refractivity contribution in [3.63, 3.8) is 0 Å². The lowest BCUT2D eigenvalue weighted by atomic mass is 10.3. The van der Waals surface area contributed by atoms with Gasteiger partial charge in [0.1, 0.15) is 18.8 Å². The summed E-state index contributed by atoms with van der Waals surface area (Å²) >= 11 is 5.89. The fraction of sp³-hybridized carbons (Fsp3) is 0.571. The van der Waals surface area contributed by atoms with Crippen molar-refractivity contribution in [3.05, 3.63) is 29.3 Å². The maximum absolute atomic E-state index is 5.89. The van der Waals surface area contributed by atoms with E-state index in [9.17, 15) is 0 Å². The monoisotopic (exact) mass is 270 g/mol. The summed E-state index contributed by atoms with van der Waals surface area (Å²) in [6, 6.07) is 7.57. The fourth-order valence-corrected chi connectivity index (χ4v) is 2.31. The number of rotatable bonds is 6. The van der Waals surface area contributed by atoms with Crippen molar-refractivity contribution < 1.29 is 14.4 Å². The largest absolute Gasteiger partial charge is 0.494 e. The van der Waals surface area contributed by atoms with E-state index in [1.54, 1.807) is 4.90 Å². The minimum atomic E-state index is 0.727. The van der Waals surface area contributed by atoms with E-state index >= 15 is 0 Å². The summed E-state index contributed by atoms with van der Waals surface area (Å²) in [5.41, 5.74) is 0. The van der Waals surface area contributed by atoms with E-state index in [4.69, 9.17) is 21.1 Å².